The Labute approximate surface area is 578 Å². The van der Waals surface area contributed by atoms with E-state index in [1.165, 1.54) is 61.8 Å². The highest BCUT2D eigenvalue weighted by atomic mass is 32.1. The number of aromatic nitrogens is 7. The molecule has 3 aliphatic rings. The molecule has 9 heterocycles. The number of thiazole rings is 6. The number of carbonyl (C=O) groups is 8. The molecule has 97 heavy (non-hydrogen) atoms. The highest BCUT2D eigenvalue weighted by molar-refractivity contribution is 7.15. The van der Waals surface area contributed by atoms with Crippen LogP contribution in [-0.4, -0.2) is 149 Å². The van der Waals surface area contributed by atoms with Gasteiger partial charge in [0.15, 0.2) is 5.78 Å². The molecule has 7 atom stereocenters. The van der Waals surface area contributed by atoms with Gasteiger partial charge in [0, 0.05) is 87.6 Å². The maximum absolute atomic E-state index is 15.3. The van der Waals surface area contributed by atoms with Crippen molar-refractivity contribution in [3.8, 4) is 49.1 Å². The Balaban J connectivity index is 0.930. The van der Waals surface area contributed by atoms with Crippen LogP contribution in [0.25, 0.3) is 43.4 Å². The summed E-state index contributed by atoms with van der Waals surface area (Å²) in [6.45, 7) is 3.61. The van der Waals surface area contributed by atoms with Gasteiger partial charge >= 0.3 is 11.9 Å². The van der Waals surface area contributed by atoms with Crippen LogP contribution in [0, 0.1) is 18.8 Å². The fourth-order valence-corrected chi connectivity index (χ4v) is 17.7. The first-order valence-corrected chi connectivity index (χ1v) is 36.3. The van der Waals surface area contributed by atoms with Crippen molar-refractivity contribution in [1.82, 2.24) is 55.3 Å². The maximum Gasteiger partial charge on any atom is 0.306 e. The van der Waals surface area contributed by atoms with Crippen molar-refractivity contribution < 1.29 is 63.9 Å². The molecule has 2 aromatic carbocycles. The van der Waals surface area contributed by atoms with Gasteiger partial charge in [0.25, 0.3) is 17.7 Å². The fraction of sp³-hybridized carbons (Fsp3) is 0.348. The van der Waals surface area contributed by atoms with Crippen LogP contribution in [0.15, 0.2) is 93.6 Å². The Hall–Kier alpha value is -8.95. The van der Waals surface area contributed by atoms with Gasteiger partial charge in [-0.3, -0.25) is 38.4 Å². The molecular weight excluding hydrogens is 1360 g/mol. The molecule has 1 saturated carbocycles. The van der Waals surface area contributed by atoms with Gasteiger partial charge in [0.2, 0.25) is 11.8 Å². The van der Waals surface area contributed by atoms with Gasteiger partial charge in [-0.05, 0) is 80.8 Å². The number of rotatable bonds is 15. The fourth-order valence-electron chi connectivity index (χ4n) is 12.3. The number of carboxylic acid groups (broad SMARTS) is 2. The van der Waals surface area contributed by atoms with Crippen molar-refractivity contribution in [2.75, 3.05) is 13.1 Å². The molecule has 9 N–H and O–H groups in total. The van der Waals surface area contributed by atoms with E-state index in [1.54, 1.807) is 82.6 Å². The number of carbonyl (C=O) groups excluding carboxylic acids is 6. The zero-order valence-corrected chi connectivity index (χ0v) is 56.9. The number of aromatic hydroxyl groups is 1. The molecule has 2 fully saturated rings. The monoisotopic (exact) mass is 1420 g/mol. The molecule has 7 aromatic heterocycles. The van der Waals surface area contributed by atoms with Gasteiger partial charge < -0.3 is 51.7 Å². The number of unbranched alkanes of at least 4 members (excludes halogenated alkanes) is 1. The summed E-state index contributed by atoms with van der Waals surface area (Å²) in [5, 5.41) is 69.0. The molecule has 502 valence electrons. The third-order valence-electron chi connectivity index (χ3n) is 17.5. The number of hydrogen-bond donors (Lipinski definition) is 8. The molecule has 9 aromatic rings. The Morgan fingerprint density at radius 3 is 2.07 bits per heavy atom. The number of nitrogens with zero attached hydrogens (tertiary/aromatic N) is 9. The third-order valence-corrected chi connectivity index (χ3v) is 23.1. The van der Waals surface area contributed by atoms with Crippen molar-refractivity contribution in [2.24, 2.45) is 17.6 Å². The van der Waals surface area contributed by atoms with Crippen LogP contribution in [-0.2, 0) is 25.6 Å². The number of amides is 5. The van der Waals surface area contributed by atoms with Gasteiger partial charge in [-0.25, -0.2) is 34.9 Å². The molecule has 1 aliphatic carbocycles. The van der Waals surface area contributed by atoms with Crippen molar-refractivity contribution in [3.63, 3.8) is 0 Å². The summed E-state index contributed by atoms with van der Waals surface area (Å²) in [5.41, 5.74) is 8.73. The van der Waals surface area contributed by atoms with E-state index in [0.29, 0.717) is 103 Å². The molecule has 0 unspecified atom stereocenters. The summed E-state index contributed by atoms with van der Waals surface area (Å²) in [5.74, 6) is -7.61. The van der Waals surface area contributed by atoms with Gasteiger partial charge in [0.05, 0.1) is 47.3 Å². The van der Waals surface area contributed by atoms with E-state index < -0.39 is 95.9 Å². The lowest BCUT2D eigenvalue weighted by Gasteiger charge is -2.35. The van der Waals surface area contributed by atoms with Crippen LogP contribution in [0.4, 0.5) is 0 Å². The molecule has 31 heteroatoms. The molecule has 5 amide bonds. The van der Waals surface area contributed by atoms with Gasteiger partial charge in [-0.15, -0.1) is 68.0 Å². The number of hydrogen-bond acceptors (Lipinski definition) is 24. The number of ketones is 1. The molecule has 1 saturated heterocycles. The minimum absolute atomic E-state index is 0.00500. The van der Waals surface area contributed by atoms with E-state index in [9.17, 15) is 59.1 Å². The summed E-state index contributed by atoms with van der Waals surface area (Å²) >= 11 is 6.91. The van der Waals surface area contributed by atoms with E-state index in [2.05, 4.69) is 10.6 Å². The number of pyridine rings is 1. The molecule has 25 nitrogen and oxygen atoms in total. The number of nitrogens with one attached hydrogen (secondary N) is 2. The smallest absolute Gasteiger partial charge is 0.306 e. The van der Waals surface area contributed by atoms with Crippen LogP contribution in [0.2, 0.25) is 0 Å². The molecule has 0 spiro atoms. The second-order valence-corrected chi connectivity index (χ2v) is 29.6. The van der Waals surface area contributed by atoms with Crippen molar-refractivity contribution in [2.45, 2.75) is 120 Å². The number of carboxylic acids is 2. The predicted octanol–water partition coefficient (Wildman–Crippen LogP) is 9.51. The molecule has 12 rings (SSSR count). The number of fused-ring (bicyclic) bond motifs is 16. The Bertz CT molecular complexity index is 4440. The lowest BCUT2D eigenvalue weighted by Crippen LogP contribution is -2.50. The van der Waals surface area contributed by atoms with Crippen molar-refractivity contribution in [3.05, 3.63) is 147 Å². The van der Waals surface area contributed by atoms with Crippen molar-refractivity contribution in [1.29, 1.82) is 0 Å². The average molecular weight is 1430 g/mol. The Morgan fingerprint density at radius 1 is 0.691 bits per heavy atom. The zero-order valence-electron chi connectivity index (χ0n) is 52.0. The minimum Gasteiger partial charge on any atom is -0.508 e. The topological polar surface area (TPSA) is 384 Å². The Morgan fingerprint density at radius 2 is 1.34 bits per heavy atom. The predicted molar refractivity (Wildman–Crippen MR) is 363 cm³/mol. The van der Waals surface area contributed by atoms with Gasteiger partial charge in [0.1, 0.15) is 76.7 Å². The quantitative estimate of drug-likeness (QED) is 0.0443. The minimum atomic E-state index is -1.32. The molecule has 2 aliphatic heterocycles. The molecule has 10 bridgehead atoms. The highest BCUT2D eigenvalue weighted by Gasteiger charge is 2.46. The van der Waals surface area contributed by atoms with E-state index in [4.69, 9.17) is 40.6 Å². The van der Waals surface area contributed by atoms with Crippen LogP contribution in [0.1, 0.15) is 162 Å². The van der Waals surface area contributed by atoms with Crippen LogP contribution in [0.5, 0.6) is 5.75 Å². The van der Waals surface area contributed by atoms with Crippen LogP contribution < -0.4 is 16.4 Å². The number of aliphatic carboxylic acids is 2. The summed E-state index contributed by atoms with van der Waals surface area (Å²) < 4.78 is 0. The molecular formula is C66H64N12O13S6. The third kappa shape index (κ3) is 15.1. The van der Waals surface area contributed by atoms with E-state index in [-0.39, 0.29) is 82.8 Å². The summed E-state index contributed by atoms with van der Waals surface area (Å²) in [6, 6.07) is 14.8. The summed E-state index contributed by atoms with van der Waals surface area (Å²) in [6.07, 6.45) is -0.785. The molecule has 0 radical (unpaired) electrons. The average Bonchev–Trinajstić information content (AvgIpc) is 1.64. The summed E-state index contributed by atoms with van der Waals surface area (Å²) in [7, 11) is 0. The SMILES string of the molecule is Cc1sc2nc1C(=O)C[C@@H]([C@H](O)c1ccccc1)c1nc(cs1)C(=O)N[C@@H](Cc1ccc(O)cc1)C(=O)N1C[C@H](O)[C@H](C)[C@H]1c1nc(cs1)-c1nc(cs1)-c1nc(-c3nc(C(=O)N(CCCCC(=O)O)C4CCC(C(=O)O)CC4)cs3)ccc1-c1nc(cs1)C(=O)N[C@H]2CC(N)=O. The lowest BCUT2D eigenvalue weighted by molar-refractivity contribution is -0.143. The second-order valence-electron chi connectivity index (χ2n) is 24.0. The zero-order chi connectivity index (χ0) is 68.3. The normalized spacial score (nSPS) is 21.1. The first-order chi connectivity index (χ1) is 46.6. The number of aliphatic hydroxyl groups excluding tert-OH is 2. The maximum atomic E-state index is 15.3. The standard InChI is InChI=1S/C66H64N12O13S6/c1-31-49(81)25-78-54(31)63-74-46(29-96-63)61-71-43(26-94-61)53-38(19-20-40(68-53)60-75-47(30-95-60)65(89)77(21-7-6-10-51(83)84)36-15-13-35(14-16-36)66(90)91)58-72-44(27-92-58)56(86)69-41(24-50(67)82)62-76-52(32(2)97-62)48(80)23-39(55(85)34-8-4-3-5-9-34)59-73-45(28-93-59)57(87)70-42(64(78)88)22-33-11-17-37(79)18-12-33/h3-5,8-9,11-12,17-20,26-31,35-36,39,41-42,49,54-55,79,81,85H,6-7,10,13-16,21-25H2,1-2H3,(H2,67,82)(H,69,86)(H,70,87)(H,83,84)(H,90,91)/t31-,35?,36?,39-,41-,42-,49-,54-,55+/m0/s1. The number of Topliss-reactive ketones (excluding diaryl/α,β-unsaturated/α-hetero) is 1. The van der Waals surface area contributed by atoms with Crippen LogP contribution in [0.3, 0.4) is 0 Å². The second kappa shape index (κ2) is 29.4. The summed E-state index contributed by atoms with van der Waals surface area (Å²) in [4.78, 5) is 147. The van der Waals surface area contributed by atoms with Crippen LogP contribution >= 0.6 is 68.0 Å². The first-order valence-electron chi connectivity index (χ1n) is 31.1. The first kappa shape index (κ1) is 68.0. The number of phenolic OH excluding ortho intramolecular Hbond substituents is 1. The van der Waals surface area contributed by atoms with E-state index in [0.717, 1.165) is 34.0 Å². The number of primary amides is 1. The number of nitrogens with two attached hydrogens (primary N) is 1. The van der Waals surface area contributed by atoms with Gasteiger partial charge in [-0.2, -0.15) is 0 Å². The number of aliphatic hydroxyl groups is 2. The van der Waals surface area contributed by atoms with E-state index in [1.807, 2.05) is 6.92 Å². The van der Waals surface area contributed by atoms with E-state index >= 15 is 4.79 Å². The number of aryl methyl sites for hydroxylation is 1. The Kier molecular flexibility index (Phi) is 20.6. The van der Waals surface area contributed by atoms with Crippen molar-refractivity contribution >= 4 is 115 Å². The number of phenols is 1. The largest absolute Gasteiger partial charge is 0.508 e. The highest BCUT2D eigenvalue weighted by Crippen LogP contribution is 2.44. The van der Waals surface area contributed by atoms with Gasteiger partial charge in [-0.1, -0.05) is 49.4 Å². The lowest BCUT2D eigenvalue weighted by atomic mass is 9.85. The number of benzene rings is 2.